The van der Waals surface area contributed by atoms with Crippen LogP contribution in [0.25, 0.3) is 11.0 Å². The van der Waals surface area contributed by atoms with Gasteiger partial charge in [0.15, 0.2) is 0 Å². The van der Waals surface area contributed by atoms with Crippen LogP contribution in [0.2, 0.25) is 10.0 Å². The van der Waals surface area contributed by atoms with Gasteiger partial charge in [0.25, 0.3) is 5.91 Å². The van der Waals surface area contributed by atoms with E-state index < -0.39 is 11.7 Å². The van der Waals surface area contributed by atoms with Gasteiger partial charge in [0.1, 0.15) is 5.82 Å². The van der Waals surface area contributed by atoms with E-state index in [4.69, 9.17) is 23.2 Å². The van der Waals surface area contributed by atoms with Gasteiger partial charge >= 0.3 is 0 Å². The van der Waals surface area contributed by atoms with E-state index >= 15 is 0 Å². The van der Waals surface area contributed by atoms with Gasteiger partial charge in [-0.3, -0.25) is 4.79 Å². The number of anilines is 2. The van der Waals surface area contributed by atoms with Crippen molar-refractivity contribution >= 4 is 51.8 Å². The summed E-state index contributed by atoms with van der Waals surface area (Å²) in [7, 11) is 0. The Morgan fingerprint density at radius 3 is 2.59 bits per heavy atom. The predicted molar refractivity (Wildman–Crippen MR) is 126 cm³/mol. The zero-order chi connectivity index (χ0) is 22.2. The molecule has 162 valence electrons. The molecule has 0 aliphatic heterocycles. The molecule has 32 heavy (non-hydrogen) atoms. The van der Waals surface area contributed by atoms with Crippen molar-refractivity contribution < 1.29 is 9.18 Å². The highest BCUT2D eigenvalue weighted by atomic mass is 35.5. The molecule has 3 N–H and O–H groups in total. The molecule has 1 aliphatic rings. The average molecular weight is 469 g/mol. The Balaban J connectivity index is 1.36. The van der Waals surface area contributed by atoms with Crippen LogP contribution in [-0.2, 0) is 12.8 Å². The molecule has 0 fully saturated rings. The van der Waals surface area contributed by atoms with Crippen LogP contribution in [0.5, 0.6) is 0 Å². The molecule has 1 amide bonds. The van der Waals surface area contributed by atoms with Crippen molar-refractivity contribution in [3.05, 3.63) is 87.2 Å². The molecule has 0 bridgehead atoms. The van der Waals surface area contributed by atoms with Crippen molar-refractivity contribution in [3.63, 3.8) is 0 Å². The van der Waals surface area contributed by atoms with E-state index in [0.29, 0.717) is 32.7 Å². The molecule has 5 rings (SSSR count). The van der Waals surface area contributed by atoms with Crippen LogP contribution in [-0.4, -0.2) is 21.9 Å². The standard InChI is InChI=1S/C24H19Cl2FN4O/c25-17-6-3-7-18(26)22(17)31-24-29-20-11-16(19(27)12-21(20)30-24)23(32)28-15-9-8-13-4-1-2-5-14(13)10-15/h1-7,11-12,15H,8-10H2,(H,28,32)(H2,29,30,31). The Kier molecular flexibility index (Phi) is 5.49. The van der Waals surface area contributed by atoms with Gasteiger partial charge in [-0.25, -0.2) is 9.37 Å². The van der Waals surface area contributed by atoms with Crippen LogP contribution >= 0.6 is 23.2 Å². The first-order valence-corrected chi connectivity index (χ1v) is 11.0. The Hall–Kier alpha value is -3.09. The molecule has 3 aromatic carbocycles. The van der Waals surface area contributed by atoms with Gasteiger partial charge in [-0.1, -0.05) is 53.5 Å². The molecule has 0 saturated heterocycles. The number of carbonyl (C=O) groups excluding carboxylic acids is 1. The predicted octanol–water partition coefficient (Wildman–Crippen LogP) is 6.04. The Labute approximate surface area is 194 Å². The highest BCUT2D eigenvalue weighted by Crippen LogP contribution is 2.32. The summed E-state index contributed by atoms with van der Waals surface area (Å²) in [4.78, 5) is 20.2. The Morgan fingerprint density at radius 1 is 1.06 bits per heavy atom. The highest BCUT2D eigenvalue weighted by Gasteiger charge is 2.22. The fraction of sp³-hybridized carbons (Fsp3) is 0.167. The van der Waals surface area contributed by atoms with E-state index in [-0.39, 0.29) is 11.6 Å². The quantitative estimate of drug-likeness (QED) is 0.341. The SMILES string of the molecule is O=C(NC1CCc2ccccc2C1)c1cc2[nH]c(Nc3c(Cl)cccc3Cl)nc2cc1F. The minimum absolute atomic E-state index is 0.0256. The van der Waals surface area contributed by atoms with E-state index in [1.165, 1.54) is 23.3 Å². The largest absolute Gasteiger partial charge is 0.349 e. The van der Waals surface area contributed by atoms with Crippen molar-refractivity contribution in [3.8, 4) is 0 Å². The number of fused-ring (bicyclic) bond motifs is 2. The molecule has 0 radical (unpaired) electrons. The number of aromatic nitrogens is 2. The van der Waals surface area contributed by atoms with E-state index in [1.54, 1.807) is 18.2 Å². The number of carbonyl (C=O) groups is 1. The molecular weight excluding hydrogens is 450 g/mol. The van der Waals surface area contributed by atoms with Crippen LogP contribution < -0.4 is 10.6 Å². The molecule has 1 heterocycles. The van der Waals surface area contributed by atoms with Crippen molar-refractivity contribution in [2.45, 2.75) is 25.3 Å². The van der Waals surface area contributed by atoms with E-state index in [0.717, 1.165) is 19.3 Å². The number of imidazole rings is 1. The van der Waals surface area contributed by atoms with Gasteiger partial charge in [-0.15, -0.1) is 0 Å². The molecule has 0 spiro atoms. The van der Waals surface area contributed by atoms with Gasteiger partial charge in [0.2, 0.25) is 5.95 Å². The lowest BCUT2D eigenvalue weighted by molar-refractivity contribution is 0.0929. The van der Waals surface area contributed by atoms with Crippen molar-refractivity contribution in [1.29, 1.82) is 0 Å². The van der Waals surface area contributed by atoms with Crippen LogP contribution in [0.4, 0.5) is 16.0 Å². The molecule has 1 aromatic heterocycles. The second-order valence-corrected chi connectivity index (χ2v) is 8.65. The van der Waals surface area contributed by atoms with Crippen LogP contribution in [0.1, 0.15) is 27.9 Å². The molecule has 4 aromatic rings. The van der Waals surface area contributed by atoms with Gasteiger partial charge in [0.05, 0.1) is 32.3 Å². The Morgan fingerprint density at radius 2 is 1.81 bits per heavy atom. The minimum atomic E-state index is -0.625. The normalized spacial score (nSPS) is 15.4. The summed E-state index contributed by atoms with van der Waals surface area (Å²) in [5.74, 6) is -0.720. The number of H-pyrrole nitrogens is 1. The van der Waals surface area contributed by atoms with E-state index in [9.17, 15) is 9.18 Å². The number of hydrogen-bond acceptors (Lipinski definition) is 3. The van der Waals surface area contributed by atoms with Crippen LogP contribution in [0.3, 0.4) is 0 Å². The molecule has 8 heteroatoms. The zero-order valence-corrected chi connectivity index (χ0v) is 18.4. The molecule has 1 atom stereocenters. The second-order valence-electron chi connectivity index (χ2n) is 7.84. The number of nitrogens with one attached hydrogen (secondary N) is 3. The number of aryl methyl sites for hydroxylation is 1. The minimum Gasteiger partial charge on any atom is -0.349 e. The fourth-order valence-corrected chi connectivity index (χ4v) is 4.58. The molecule has 5 nitrogen and oxygen atoms in total. The van der Waals surface area contributed by atoms with E-state index in [2.05, 4.69) is 32.7 Å². The summed E-state index contributed by atoms with van der Waals surface area (Å²) in [6, 6.07) is 16.0. The number of benzene rings is 3. The third-order valence-corrected chi connectivity index (χ3v) is 6.33. The lowest BCUT2D eigenvalue weighted by Gasteiger charge is -2.25. The summed E-state index contributed by atoms with van der Waals surface area (Å²) in [6.45, 7) is 0. The first kappa shape index (κ1) is 20.8. The van der Waals surface area contributed by atoms with Crippen molar-refractivity contribution in [2.75, 3.05) is 5.32 Å². The lowest BCUT2D eigenvalue weighted by Crippen LogP contribution is -2.39. The van der Waals surface area contributed by atoms with E-state index in [1.807, 2.05) is 12.1 Å². The maximum atomic E-state index is 14.8. The maximum Gasteiger partial charge on any atom is 0.254 e. The first-order valence-electron chi connectivity index (χ1n) is 10.3. The van der Waals surface area contributed by atoms with Crippen LogP contribution in [0.15, 0.2) is 54.6 Å². The maximum absolute atomic E-state index is 14.8. The number of aromatic amines is 1. The zero-order valence-electron chi connectivity index (χ0n) is 16.9. The summed E-state index contributed by atoms with van der Waals surface area (Å²) in [6.07, 6.45) is 2.45. The third-order valence-electron chi connectivity index (χ3n) is 5.70. The second kappa shape index (κ2) is 8.45. The highest BCUT2D eigenvalue weighted by molar-refractivity contribution is 6.39. The average Bonchev–Trinajstić information content (AvgIpc) is 3.17. The summed E-state index contributed by atoms with van der Waals surface area (Å²) >= 11 is 12.4. The number of hydrogen-bond donors (Lipinski definition) is 3. The van der Waals surface area contributed by atoms with Crippen molar-refractivity contribution in [1.82, 2.24) is 15.3 Å². The van der Waals surface area contributed by atoms with Gasteiger partial charge in [-0.2, -0.15) is 0 Å². The summed E-state index contributed by atoms with van der Waals surface area (Å²) in [5.41, 5.74) is 3.91. The lowest BCUT2D eigenvalue weighted by atomic mass is 9.88. The molecule has 0 saturated carbocycles. The number of para-hydroxylation sites is 1. The summed E-state index contributed by atoms with van der Waals surface area (Å²) in [5, 5.41) is 6.86. The fourth-order valence-electron chi connectivity index (χ4n) is 4.08. The number of halogens is 3. The van der Waals surface area contributed by atoms with Gasteiger partial charge in [-0.05, 0) is 48.6 Å². The first-order chi connectivity index (χ1) is 15.5. The van der Waals surface area contributed by atoms with Gasteiger partial charge in [0, 0.05) is 12.1 Å². The smallest absolute Gasteiger partial charge is 0.254 e. The van der Waals surface area contributed by atoms with Gasteiger partial charge < -0.3 is 15.6 Å². The number of amides is 1. The Bertz CT molecular complexity index is 1320. The monoisotopic (exact) mass is 468 g/mol. The molecule has 1 unspecified atom stereocenters. The molecule has 1 aliphatic carbocycles. The van der Waals surface area contributed by atoms with Crippen LogP contribution in [0, 0.1) is 5.82 Å². The number of rotatable bonds is 4. The third kappa shape index (κ3) is 4.04. The topological polar surface area (TPSA) is 69.8 Å². The number of nitrogens with zero attached hydrogens (tertiary/aromatic N) is 1. The van der Waals surface area contributed by atoms with Crippen molar-refractivity contribution in [2.24, 2.45) is 0 Å². The summed E-state index contributed by atoms with van der Waals surface area (Å²) < 4.78 is 14.8. The molecular formula is C24H19Cl2FN4O.